The van der Waals surface area contributed by atoms with Crippen molar-refractivity contribution in [3.63, 3.8) is 0 Å². The van der Waals surface area contributed by atoms with Gasteiger partial charge in [0.2, 0.25) is 0 Å². The summed E-state index contributed by atoms with van der Waals surface area (Å²) in [6.07, 6.45) is 12.7. The first-order chi connectivity index (χ1) is 15.5. The maximum Gasteiger partial charge on any atom is 0.254 e. The monoisotopic (exact) mass is 420 g/mol. The summed E-state index contributed by atoms with van der Waals surface area (Å²) in [6, 6.07) is 21.4. The molecule has 5 rings (SSSR count). The van der Waals surface area contributed by atoms with Crippen LogP contribution in [0.1, 0.15) is 22.3 Å². The van der Waals surface area contributed by atoms with Gasteiger partial charge in [-0.3, -0.25) is 0 Å². The molecule has 4 heteroatoms. The Hall–Kier alpha value is -3.92. The molecule has 2 aromatic heterocycles. The second-order valence-corrected chi connectivity index (χ2v) is 8.46. The second-order valence-electron chi connectivity index (χ2n) is 8.46. The van der Waals surface area contributed by atoms with Crippen LogP contribution in [0.5, 0.6) is 0 Å². The van der Waals surface area contributed by atoms with E-state index >= 15 is 0 Å². The van der Waals surface area contributed by atoms with E-state index in [9.17, 15) is 0 Å². The molecule has 0 unspecified atom stereocenters. The molecule has 32 heavy (non-hydrogen) atoms. The van der Waals surface area contributed by atoms with Crippen LogP contribution in [0, 0.1) is 27.7 Å². The average molecular weight is 421 g/mol. The number of aromatic nitrogens is 4. The number of benzene rings is 3. The van der Waals surface area contributed by atoms with Crippen LogP contribution < -0.4 is 9.13 Å². The lowest BCUT2D eigenvalue weighted by molar-refractivity contribution is -0.595. The number of rotatable bonds is 4. The van der Waals surface area contributed by atoms with Gasteiger partial charge in [0.05, 0.1) is 0 Å². The minimum atomic E-state index is 1.12. The molecule has 0 aliphatic heterocycles. The molecule has 3 aromatic carbocycles. The average Bonchev–Trinajstić information content (AvgIpc) is 3.44. The third-order valence-electron chi connectivity index (χ3n) is 6.09. The minimum Gasteiger partial charge on any atom is -0.202 e. The molecule has 4 nitrogen and oxygen atoms in total. The molecule has 0 amide bonds. The molecule has 0 bridgehead atoms. The second kappa shape index (κ2) is 7.97. The van der Waals surface area contributed by atoms with Crippen molar-refractivity contribution in [2.24, 2.45) is 0 Å². The highest BCUT2D eigenvalue weighted by Crippen LogP contribution is 2.17. The fraction of sp³-hybridized carbons (Fsp3) is 0.143. The fourth-order valence-electron chi connectivity index (χ4n) is 4.52. The molecule has 0 saturated carbocycles. The van der Waals surface area contributed by atoms with E-state index in [2.05, 4.69) is 144 Å². The van der Waals surface area contributed by atoms with Crippen LogP contribution in [0.15, 0.2) is 98.1 Å². The van der Waals surface area contributed by atoms with Gasteiger partial charge in [0.25, 0.3) is 12.7 Å². The van der Waals surface area contributed by atoms with Crippen molar-refractivity contribution in [1.29, 1.82) is 0 Å². The molecule has 0 spiro atoms. The van der Waals surface area contributed by atoms with E-state index in [1.807, 2.05) is 0 Å². The summed E-state index contributed by atoms with van der Waals surface area (Å²) < 4.78 is 8.72. The molecule has 0 aliphatic rings. The van der Waals surface area contributed by atoms with Gasteiger partial charge < -0.3 is 0 Å². The number of hydrogen-bond donors (Lipinski definition) is 0. The van der Waals surface area contributed by atoms with Gasteiger partial charge in [0.1, 0.15) is 47.5 Å². The van der Waals surface area contributed by atoms with E-state index in [1.54, 1.807) is 0 Å². The summed E-state index contributed by atoms with van der Waals surface area (Å²) in [5.41, 5.74) is 9.80. The SMILES string of the molecule is Cc1cccc(C)c1-[n+]1ccn(-c2cccc(-n3cc[n+](-c4c(C)cccc4C)c3)c2)c1. The third kappa shape index (κ3) is 3.54. The van der Waals surface area contributed by atoms with Crippen molar-refractivity contribution in [3.8, 4) is 22.7 Å². The van der Waals surface area contributed by atoms with E-state index < -0.39 is 0 Å². The van der Waals surface area contributed by atoms with E-state index in [4.69, 9.17) is 0 Å². The Morgan fingerprint density at radius 3 is 1.31 bits per heavy atom. The van der Waals surface area contributed by atoms with Gasteiger partial charge in [0, 0.05) is 6.07 Å². The summed E-state index contributed by atoms with van der Waals surface area (Å²) in [5, 5.41) is 0. The number of aryl methyl sites for hydroxylation is 4. The van der Waals surface area contributed by atoms with Crippen molar-refractivity contribution in [1.82, 2.24) is 9.13 Å². The van der Waals surface area contributed by atoms with Crippen LogP contribution in [0.25, 0.3) is 22.7 Å². The lowest BCUT2D eigenvalue weighted by atomic mass is 10.1. The largest absolute Gasteiger partial charge is 0.254 e. The van der Waals surface area contributed by atoms with Gasteiger partial charge in [-0.2, -0.15) is 0 Å². The van der Waals surface area contributed by atoms with Crippen LogP contribution in [-0.2, 0) is 0 Å². The van der Waals surface area contributed by atoms with E-state index in [0.717, 1.165) is 11.4 Å². The summed E-state index contributed by atoms with van der Waals surface area (Å²) in [4.78, 5) is 0. The number of hydrogen-bond acceptors (Lipinski definition) is 0. The van der Waals surface area contributed by atoms with E-state index in [1.165, 1.54) is 33.6 Å². The van der Waals surface area contributed by atoms with Crippen molar-refractivity contribution < 1.29 is 9.13 Å². The highest BCUT2D eigenvalue weighted by molar-refractivity contribution is 5.45. The highest BCUT2D eigenvalue weighted by Gasteiger charge is 2.16. The summed E-state index contributed by atoms with van der Waals surface area (Å²) in [5.74, 6) is 0. The zero-order valence-corrected chi connectivity index (χ0v) is 19.0. The number of para-hydroxylation sites is 2. The Morgan fingerprint density at radius 1 is 0.531 bits per heavy atom. The first-order valence-electron chi connectivity index (χ1n) is 10.9. The molecule has 0 saturated heterocycles. The lowest BCUT2D eigenvalue weighted by Gasteiger charge is -2.05. The molecule has 0 aliphatic carbocycles. The molecule has 0 fully saturated rings. The first-order valence-corrected chi connectivity index (χ1v) is 10.9. The van der Waals surface area contributed by atoms with Gasteiger partial charge in [-0.25, -0.2) is 18.3 Å². The van der Waals surface area contributed by atoms with Crippen molar-refractivity contribution in [3.05, 3.63) is 120 Å². The minimum absolute atomic E-state index is 1.12. The third-order valence-corrected chi connectivity index (χ3v) is 6.09. The number of nitrogens with zero attached hydrogens (tertiary/aromatic N) is 4. The predicted molar refractivity (Wildman–Crippen MR) is 127 cm³/mol. The Morgan fingerprint density at radius 2 is 0.906 bits per heavy atom. The Labute approximate surface area is 189 Å². The fourth-order valence-corrected chi connectivity index (χ4v) is 4.52. The lowest BCUT2D eigenvalue weighted by Crippen LogP contribution is -2.30. The maximum atomic E-state index is 2.21. The molecule has 158 valence electrons. The molecular weight excluding hydrogens is 392 g/mol. The molecule has 0 radical (unpaired) electrons. The molecule has 0 atom stereocenters. The predicted octanol–water partition coefficient (Wildman–Crippen LogP) is 5.06. The quantitative estimate of drug-likeness (QED) is 0.362. The first kappa shape index (κ1) is 20.0. The standard InChI is InChI=1S/C28H28N4/c1-21-8-5-9-22(2)27(21)31-16-14-29(19-31)25-12-7-13-26(18-25)30-15-17-32(20-30)28-23(3)10-6-11-24(28)4/h5-20H,1-4H3/q+2. The molecule has 0 N–H and O–H groups in total. The van der Waals surface area contributed by atoms with Crippen molar-refractivity contribution >= 4 is 0 Å². The highest BCUT2D eigenvalue weighted by atomic mass is 15.1. The molecular formula is C28H28N4+2. The van der Waals surface area contributed by atoms with E-state index in [0.29, 0.717) is 0 Å². The Bertz CT molecular complexity index is 1280. The summed E-state index contributed by atoms with van der Waals surface area (Å²) in [7, 11) is 0. The van der Waals surface area contributed by atoms with E-state index in [-0.39, 0.29) is 0 Å². The zero-order valence-electron chi connectivity index (χ0n) is 19.0. The Kier molecular flexibility index (Phi) is 4.98. The Balaban J connectivity index is 1.49. The smallest absolute Gasteiger partial charge is 0.202 e. The summed E-state index contributed by atoms with van der Waals surface area (Å²) in [6.45, 7) is 8.63. The molecule has 5 aromatic rings. The van der Waals surface area contributed by atoms with Gasteiger partial charge in [-0.15, -0.1) is 0 Å². The number of imidazole rings is 2. The van der Waals surface area contributed by atoms with Crippen molar-refractivity contribution in [2.45, 2.75) is 27.7 Å². The van der Waals surface area contributed by atoms with Gasteiger partial charge in [0.15, 0.2) is 0 Å². The van der Waals surface area contributed by atoms with Crippen LogP contribution in [0.3, 0.4) is 0 Å². The molecule has 2 heterocycles. The zero-order chi connectivity index (χ0) is 22.2. The summed E-state index contributed by atoms with van der Waals surface area (Å²) >= 11 is 0. The van der Waals surface area contributed by atoms with Crippen molar-refractivity contribution in [2.75, 3.05) is 0 Å². The van der Waals surface area contributed by atoms with Crippen LogP contribution >= 0.6 is 0 Å². The maximum absolute atomic E-state index is 2.21. The normalized spacial score (nSPS) is 11.1. The topological polar surface area (TPSA) is 17.6 Å². The van der Waals surface area contributed by atoms with Crippen LogP contribution in [0.4, 0.5) is 0 Å². The van der Waals surface area contributed by atoms with Crippen LogP contribution in [0.2, 0.25) is 0 Å². The van der Waals surface area contributed by atoms with Gasteiger partial charge in [-0.1, -0.05) is 42.5 Å². The van der Waals surface area contributed by atoms with Gasteiger partial charge >= 0.3 is 0 Å². The van der Waals surface area contributed by atoms with Gasteiger partial charge in [-0.05, 0) is 62.1 Å². The van der Waals surface area contributed by atoms with Crippen LogP contribution in [-0.4, -0.2) is 9.13 Å².